The van der Waals surface area contributed by atoms with E-state index < -0.39 is 12.1 Å². The minimum atomic E-state index is -0.680. The fraction of sp³-hybridized carbons (Fsp3) is 0.462. The Hall–Kier alpha value is -1.79. The summed E-state index contributed by atoms with van der Waals surface area (Å²) < 4.78 is 10.2. The zero-order chi connectivity index (χ0) is 14.4. The van der Waals surface area contributed by atoms with Gasteiger partial charge in [0, 0.05) is 24.2 Å². The maximum atomic E-state index is 11.9. The number of carbonyl (C=O) groups excluding carboxylic acids is 1. The predicted octanol–water partition coefficient (Wildman–Crippen LogP) is 0.142. The predicted molar refractivity (Wildman–Crippen MR) is 71.5 cm³/mol. The minimum absolute atomic E-state index is 0.191. The zero-order valence-electron chi connectivity index (χ0n) is 11.3. The Labute approximate surface area is 112 Å². The van der Waals surface area contributed by atoms with Crippen molar-refractivity contribution in [1.82, 2.24) is 5.32 Å². The third-order valence-corrected chi connectivity index (χ3v) is 2.73. The van der Waals surface area contributed by atoms with Crippen LogP contribution in [0, 0.1) is 0 Å². The number of ether oxygens (including phenoxy) is 2. The molecule has 1 aromatic carbocycles. The molecule has 6 nitrogen and oxygen atoms in total. The standard InChI is InChI=1S/C13H20N2O4/c1-8(16)12(14)7-15-13(17)9-4-10(18-2)6-11(5-9)19-3/h4-6,8,12,16H,7,14H2,1-3H3,(H,15,17). The van der Waals surface area contributed by atoms with Gasteiger partial charge in [-0.1, -0.05) is 0 Å². The van der Waals surface area contributed by atoms with Gasteiger partial charge in [-0.05, 0) is 19.1 Å². The van der Waals surface area contributed by atoms with Crippen LogP contribution in [-0.2, 0) is 0 Å². The molecule has 0 saturated carbocycles. The van der Waals surface area contributed by atoms with Gasteiger partial charge in [0.2, 0.25) is 0 Å². The topological polar surface area (TPSA) is 93.8 Å². The quantitative estimate of drug-likeness (QED) is 0.682. The number of aliphatic hydroxyl groups excluding tert-OH is 1. The first kappa shape index (κ1) is 15.3. The summed E-state index contributed by atoms with van der Waals surface area (Å²) >= 11 is 0. The van der Waals surface area contributed by atoms with E-state index in [2.05, 4.69) is 5.32 Å². The summed E-state index contributed by atoms with van der Waals surface area (Å²) in [5.74, 6) is 0.766. The molecule has 0 fully saturated rings. The van der Waals surface area contributed by atoms with Gasteiger partial charge in [0.1, 0.15) is 11.5 Å². The molecule has 2 atom stereocenters. The number of nitrogens with one attached hydrogen (secondary N) is 1. The first-order valence-corrected chi connectivity index (χ1v) is 5.92. The van der Waals surface area contributed by atoms with E-state index in [-0.39, 0.29) is 12.5 Å². The second-order valence-corrected chi connectivity index (χ2v) is 4.22. The van der Waals surface area contributed by atoms with E-state index >= 15 is 0 Å². The van der Waals surface area contributed by atoms with E-state index in [1.165, 1.54) is 14.2 Å². The number of rotatable bonds is 6. The van der Waals surface area contributed by atoms with Crippen LogP contribution in [0.25, 0.3) is 0 Å². The van der Waals surface area contributed by atoms with Crippen LogP contribution in [0.1, 0.15) is 17.3 Å². The Morgan fingerprint density at radius 1 is 1.32 bits per heavy atom. The first-order chi connectivity index (χ1) is 8.97. The van der Waals surface area contributed by atoms with Crippen molar-refractivity contribution in [3.63, 3.8) is 0 Å². The van der Waals surface area contributed by atoms with Gasteiger partial charge in [-0.3, -0.25) is 4.79 Å². The second-order valence-electron chi connectivity index (χ2n) is 4.22. The van der Waals surface area contributed by atoms with E-state index in [1.807, 2.05) is 0 Å². The molecule has 0 aliphatic carbocycles. The van der Waals surface area contributed by atoms with Crippen molar-refractivity contribution < 1.29 is 19.4 Å². The van der Waals surface area contributed by atoms with Crippen molar-refractivity contribution in [3.8, 4) is 11.5 Å². The molecule has 1 amide bonds. The first-order valence-electron chi connectivity index (χ1n) is 5.92. The molecule has 0 aliphatic rings. The van der Waals surface area contributed by atoms with Crippen molar-refractivity contribution in [2.24, 2.45) is 5.73 Å². The lowest BCUT2D eigenvalue weighted by atomic mass is 10.1. The van der Waals surface area contributed by atoms with E-state index in [4.69, 9.17) is 15.2 Å². The van der Waals surface area contributed by atoms with Gasteiger partial charge < -0.3 is 25.6 Å². The van der Waals surface area contributed by atoms with E-state index in [0.717, 1.165) is 0 Å². The Bertz CT molecular complexity index is 412. The molecule has 0 bridgehead atoms. The van der Waals surface area contributed by atoms with Crippen LogP contribution in [-0.4, -0.2) is 43.9 Å². The van der Waals surface area contributed by atoms with Gasteiger partial charge in [-0.25, -0.2) is 0 Å². The number of benzene rings is 1. The molecule has 19 heavy (non-hydrogen) atoms. The normalized spacial score (nSPS) is 13.5. The molecule has 106 valence electrons. The van der Waals surface area contributed by atoms with Crippen LogP contribution >= 0.6 is 0 Å². The number of methoxy groups -OCH3 is 2. The van der Waals surface area contributed by atoms with Crippen molar-refractivity contribution in [1.29, 1.82) is 0 Å². The maximum absolute atomic E-state index is 11.9. The smallest absolute Gasteiger partial charge is 0.251 e. The van der Waals surface area contributed by atoms with E-state index in [0.29, 0.717) is 17.1 Å². The Morgan fingerprint density at radius 3 is 2.26 bits per heavy atom. The van der Waals surface area contributed by atoms with Gasteiger partial charge in [0.25, 0.3) is 5.91 Å². The lowest BCUT2D eigenvalue weighted by Crippen LogP contribution is -2.43. The highest BCUT2D eigenvalue weighted by Gasteiger charge is 2.13. The molecular weight excluding hydrogens is 248 g/mol. The van der Waals surface area contributed by atoms with Crippen LogP contribution in [0.15, 0.2) is 18.2 Å². The average molecular weight is 268 g/mol. The highest BCUT2D eigenvalue weighted by atomic mass is 16.5. The van der Waals surface area contributed by atoms with E-state index in [9.17, 15) is 9.90 Å². The lowest BCUT2D eigenvalue weighted by Gasteiger charge is -2.15. The van der Waals surface area contributed by atoms with Gasteiger partial charge in [-0.15, -0.1) is 0 Å². The number of carbonyl (C=O) groups is 1. The maximum Gasteiger partial charge on any atom is 0.251 e. The summed E-state index contributed by atoms with van der Waals surface area (Å²) in [5, 5.41) is 11.9. The molecule has 6 heteroatoms. The zero-order valence-corrected chi connectivity index (χ0v) is 11.3. The third-order valence-electron chi connectivity index (χ3n) is 2.73. The number of hydrogen-bond donors (Lipinski definition) is 3. The molecular formula is C13H20N2O4. The van der Waals surface area contributed by atoms with Crippen molar-refractivity contribution in [3.05, 3.63) is 23.8 Å². The van der Waals surface area contributed by atoms with Crippen molar-refractivity contribution in [2.75, 3.05) is 20.8 Å². The molecule has 0 spiro atoms. The fourth-order valence-corrected chi connectivity index (χ4v) is 1.42. The molecule has 1 aromatic rings. The number of aliphatic hydroxyl groups is 1. The molecule has 0 saturated heterocycles. The molecule has 1 rings (SSSR count). The summed E-state index contributed by atoms with van der Waals surface area (Å²) in [6.45, 7) is 1.77. The Kier molecular flexibility index (Phi) is 5.59. The van der Waals surface area contributed by atoms with E-state index in [1.54, 1.807) is 25.1 Å². The summed E-state index contributed by atoms with van der Waals surface area (Å²) in [6.07, 6.45) is -0.680. The van der Waals surface area contributed by atoms with Gasteiger partial charge in [-0.2, -0.15) is 0 Å². The fourth-order valence-electron chi connectivity index (χ4n) is 1.42. The molecule has 4 N–H and O–H groups in total. The van der Waals surface area contributed by atoms with Gasteiger partial charge in [0.05, 0.1) is 20.3 Å². The van der Waals surface area contributed by atoms with Crippen molar-refractivity contribution >= 4 is 5.91 Å². The van der Waals surface area contributed by atoms with Crippen LogP contribution in [0.5, 0.6) is 11.5 Å². The molecule has 2 unspecified atom stereocenters. The summed E-state index contributed by atoms with van der Waals surface area (Å²) in [6, 6.07) is 4.38. The van der Waals surface area contributed by atoms with Crippen LogP contribution in [0.3, 0.4) is 0 Å². The van der Waals surface area contributed by atoms with Crippen LogP contribution < -0.4 is 20.5 Å². The lowest BCUT2D eigenvalue weighted by molar-refractivity contribution is 0.0937. The second kappa shape index (κ2) is 6.96. The average Bonchev–Trinajstić information content (AvgIpc) is 2.43. The molecule has 0 aromatic heterocycles. The number of hydrogen-bond acceptors (Lipinski definition) is 5. The van der Waals surface area contributed by atoms with Crippen LogP contribution in [0.2, 0.25) is 0 Å². The third kappa shape index (κ3) is 4.42. The molecule has 0 aliphatic heterocycles. The molecule has 0 radical (unpaired) electrons. The highest BCUT2D eigenvalue weighted by molar-refractivity contribution is 5.95. The van der Waals surface area contributed by atoms with Crippen molar-refractivity contribution in [2.45, 2.75) is 19.1 Å². The monoisotopic (exact) mass is 268 g/mol. The SMILES string of the molecule is COc1cc(OC)cc(C(=O)NCC(N)C(C)O)c1. The van der Waals surface area contributed by atoms with Gasteiger partial charge >= 0.3 is 0 Å². The molecule has 0 heterocycles. The Morgan fingerprint density at radius 2 is 1.84 bits per heavy atom. The largest absolute Gasteiger partial charge is 0.497 e. The Balaban J connectivity index is 2.76. The highest BCUT2D eigenvalue weighted by Crippen LogP contribution is 2.22. The van der Waals surface area contributed by atoms with Crippen LogP contribution in [0.4, 0.5) is 0 Å². The number of nitrogens with two attached hydrogens (primary N) is 1. The number of amides is 1. The van der Waals surface area contributed by atoms with Gasteiger partial charge in [0.15, 0.2) is 0 Å². The summed E-state index contributed by atoms with van der Waals surface area (Å²) in [4.78, 5) is 11.9. The minimum Gasteiger partial charge on any atom is -0.497 e. The summed E-state index contributed by atoms with van der Waals surface area (Å²) in [5.41, 5.74) is 6.05. The summed E-state index contributed by atoms with van der Waals surface area (Å²) in [7, 11) is 3.03.